The molecule has 11 rings (SSSR count). The average Bonchev–Trinajstić information content (AvgIpc) is 3.55. The molecule has 252 valence electrons. The van der Waals surface area contributed by atoms with Gasteiger partial charge in [0.15, 0.2) is 0 Å². The Labute approximate surface area is 315 Å². The number of aromatic nitrogens is 1. The van der Waals surface area contributed by atoms with Crippen LogP contribution in [0.1, 0.15) is 22.3 Å². The normalized spacial score (nSPS) is 13.3. The zero-order valence-corrected chi connectivity index (χ0v) is 29.5. The first-order valence-electron chi connectivity index (χ1n) is 18.6. The van der Waals surface area contributed by atoms with Crippen LogP contribution in [0.25, 0.3) is 55.5 Å². The molecule has 0 radical (unpaired) electrons. The molecule has 1 aliphatic heterocycles. The quantitative estimate of drug-likeness (QED) is 0.183. The lowest BCUT2D eigenvalue weighted by molar-refractivity contribution is 0.754. The molecule has 0 N–H and O–H groups in total. The summed E-state index contributed by atoms with van der Waals surface area (Å²) >= 11 is 0. The second-order valence-corrected chi connectivity index (χ2v) is 14.2. The minimum atomic E-state index is -0.578. The van der Waals surface area contributed by atoms with Crippen LogP contribution in [0.5, 0.6) is 0 Å². The smallest absolute Gasteiger partial charge is 0.0760 e. The van der Waals surface area contributed by atoms with Gasteiger partial charge in [-0.25, -0.2) is 4.98 Å². The van der Waals surface area contributed by atoms with Crippen LogP contribution in [0.3, 0.4) is 0 Å². The molecule has 0 fully saturated rings. The predicted molar refractivity (Wildman–Crippen MR) is 224 cm³/mol. The van der Waals surface area contributed by atoms with Crippen LogP contribution in [0.15, 0.2) is 206 Å². The summed E-state index contributed by atoms with van der Waals surface area (Å²) in [4.78, 5) is 7.91. The molecule has 2 heterocycles. The molecular formula is C52H34N2. The Kier molecular flexibility index (Phi) is 6.80. The molecule has 0 atom stereocenters. The molecule has 1 aromatic heterocycles. The van der Waals surface area contributed by atoms with E-state index in [0.717, 1.165) is 27.8 Å². The van der Waals surface area contributed by atoms with Gasteiger partial charge in [-0.2, -0.15) is 0 Å². The number of anilines is 3. The van der Waals surface area contributed by atoms with Crippen LogP contribution >= 0.6 is 0 Å². The molecule has 1 spiro atoms. The highest BCUT2D eigenvalue weighted by atomic mass is 15.2. The Bertz CT molecular complexity index is 2830. The van der Waals surface area contributed by atoms with E-state index >= 15 is 0 Å². The summed E-state index contributed by atoms with van der Waals surface area (Å²) in [7, 11) is 0. The number of hydrogen-bond acceptors (Lipinski definition) is 2. The molecule has 2 aliphatic rings. The summed E-state index contributed by atoms with van der Waals surface area (Å²) in [5.74, 6) is 0. The molecule has 0 amide bonds. The van der Waals surface area contributed by atoms with Crippen LogP contribution in [0.4, 0.5) is 17.1 Å². The lowest BCUT2D eigenvalue weighted by atomic mass is 9.63. The van der Waals surface area contributed by atoms with Gasteiger partial charge in [0.2, 0.25) is 0 Å². The number of benzene rings is 8. The zero-order chi connectivity index (χ0) is 35.6. The summed E-state index contributed by atoms with van der Waals surface area (Å²) in [5.41, 5.74) is 18.5. The highest BCUT2D eigenvalue weighted by Gasteiger charge is 2.52. The van der Waals surface area contributed by atoms with Gasteiger partial charge in [-0.1, -0.05) is 170 Å². The predicted octanol–water partition coefficient (Wildman–Crippen LogP) is 13.4. The van der Waals surface area contributed by atoms with Crippen molar-refractivity contribution in [2.45, 2.75) is 5.41 Å². The van der Waals surface area contributed by atoms with Gasteiger partial charge in [-0.15, -0.1) is 0 Å². The number of fused-ring (bicyclic) bond motifs is 10. The number of hydrogen-bond donors (Lipinski definition) is 0. The molecule has 0 saturated carbocycles. The molecular weight excluding hydrogens is 653 g/mol. The van der Waals surface area contributed by atoms with Gasteiger partial charge in [0.05, 0.1) is 28.0 Å². The number of rotatable bonds is 4. The van der Waals surface area contributed by atoms with Crippen LogP contribution in [-0.4, -0.2) is 4.98 Å². The standard InChI is InChI=1S/C52H34N2/c1-3-16-35(17-4-1)36-30-32-37(33-31-36)43-34-48(53-47-27-12-8-21-40(43)47)42-23-15-22-41-39-20-7-9-24-44(39)52(51(41)42)45-25-10-13-28-49(45)54(38-18-5-2-6-19-38)50-29-14-11-26-46(50)52/h1-34H. The van der Waals surface area contributed by atoms with Gasteiger partial charge >= 0.3 is 0 Å². The van der Waals surface area contributed by atoms with Crippen LogP contribution in [0, 0.1) is 0 Å². The van der Waals surface area contributed by atoms with Gasteiger partial charge in [-0.05, 0) is 92.0 Å². The minimum absolute atomic E-state index is 0.578. The molecule has 0 saturated heterocycles. The summed E-state index contributed by atoms with van der Waals surface area (Å²) in [6.45, 7) is 0. The molecule has 1 aliphatic carbocycles. The zero-order valence-electron chi connectivity index (χ0n) is 29.5. The van der Waals surface area contributed by atoms with Crippen molar-refractivity contribution in [3.63, 3.8) is 0 Å². The molecule has 0 bridgehead atoms. The van der Waals surface area contributed by atoms with Gasteiger partial charge in [-0.3, -0.25) is 0 Å². The molecule has 2 nitrogen and oxygen atoms in total. The molecule has 54 heavy (non-hydrogen) atoms. The molecule has 2 heteroatoms. The summed E-state index contributed by atoms with van der Waals surface area (Å²) in [6.07, 6.45) is 0. The van der Waals surface area contributed by atoms with E-state index < -0.39 is 5.41 Å². The number of para-hydroxylation sites is 4. The fraction of sp³-hybridized carbons (Fsp3) is 0.0192. The lowest BCUT2D eigenvalue weighted by Gasteiger charge is -2.45. The van der Waals surface area contributed by atoms with E-state index in [-0.39, 0.29) is 0 Å². The largest absolute Gasteiger partial charge is 0.310 e. The topological polar surface area (TPSA) is 16.1 Å². The van der Waals surface area contributed by atoms with Crippen molar-refractivity contribution in [1.29, 1.82) is 0 Å². The highest BCUT2D eigenvalue weighted by Crippen LogP contribution is 2.64. The fourth-order valence-corrected chi connectivity index (χ4v) is 9.26. The van der Waals surface area contributed by atoms with E-state index in [4.69, 9.17) is 4.98 Å². The van der Waals surface area contributed by atoms with Gasteiger partial charge in [0.25, 0.3) is 0 Å². The monoisotopic (exact) mass is 686 g/mol. The van der Waals surface area contributed by atoms with E-state index in [1.54, 1.807) is 0 Å². The highest BCUT2D eigenvalue weighted by molar-refractivity contribution is 6.01. The maximum absolute atomic E-state index is 5.48. The van der Waals surface area contributed by atoms with Crippen molar-refractivity contribution in [1.82, 2.24) is 4.98 Å². The second-order valence-electron chi connectivity index (χ2n) is 14.2. The Morgan fingerprint density at radius 3 is 1.65 bits per heavy atom. The summed E-state index contributed by atoms with van der Waals surface area (Å²) in [5, 5.41) is 1.14. The van der Waals surface area contributed by atoms with E-state index in [1.807, 2.05) is 0 Å². The third-order valence-corrected chi connectivity index (χ3v) is 11.5. The van der Waals surface area contributed by atoms with Crippen molar-refractivity contribution in [3.8, 4) is 44.6 Å². The maximum atomic E-state index is 5.48. The van der Waals surface area contributed by atoms with Crippen molar-refractivity contribution in [2.24, 2.45) is 0 Å². The van der Waals surface area contributed by atoms with Crippen LogP contribution in [0.2, 0.25) is 0 Å². The second kappa shape index (κ2) is 12.0. The molecule has 0 unspecified atom stereocenters. The number of pyridine rings is 1. The number of nitrogens with zero attached hydrogens (tertiary/aromatic N) is 2. The van der Waals surface area contributed by atoms with Crippen molar-refractivity contribution in [2.75, 3.05) is 4.90 Å². The van der Waals surface area contributed by atoms with Crippen LogP contribution < -0.4 is 4.90 Å². The van der Waals surface area contributed by atoms with E-state index in [1.165, 1.54) is 67.0 Å². The maximum Gasteiger partial charge on any atom is 0.0760 e. The van der Waals surface area contributed by atoms with Crippen molar-refractivity contribution in [3.05, 3.63) is 229 Å². The molecule has 9 aromatic rings. The lowest BCUT2D eigenvalue weighted by Crippen LogP contribution is -2.36. The van der Waals surface area contributed by atoms with Crippen molar-refractivity contribution >= 4 is 28.0 Å². The summed E-state index contributed by atoms with van der Waals surface area (Å²) in [6, 6.07) is 75.1. The SMILES string of the molecule is c1ccc(-c2ccc(-c3cc(-c4cccc5c4C4(c6ccccc6-5)c5ccccc5N(c5ccccc5)c5ccccc54)nc4ccccc34)cc2)cc1. The van der Waals surface area contributed by atoms with E-state index in [2.05, 4.69) is 211 Å². The molecule has 8 aromatic carbocycles. The Hall–Kier alpha value is -7.03. The first-order valence-corrected chi connectivity index (χ1v) is 18.6. The first-order chi connectivity index (χ1) is 26.8. The van der Waals surface area contributed by atoms with E-state index in [9.17, 15) is 0 Å². The Morgan fingerprint density at radius 2 is 0.907 bits per heavy atom. The Balaban J connectivity index is 1.20. The minimum Gasteiger partial charge on any atom is -0.310 e. The van der Waals surface area contributed by atoms with Crippen molar-refractivity contribution < 1.29 is 0 Å². The van der Waals surface area contributed by atoms with Gasteiger partial charge in [0.1, 0.15) is 0 Å². The van der Waals surface area contributed by atoms with Crippen LogP contribution in [-0.2, 0) is 5.41 Å². The first kappa shape index (κ1) is 30.6. The third-order valence-electron chi connectivity index (χ3n) is 11.5. The van der Waals surface area contributed by atoms with E-state index in [0.29, 0.717) is 0 Å². The summed E-state index contributed by atoms with van der Waals surface area (Å²) < 4.78 is 0. The third kappa shape index (κ3) is 4.38. The fourth-order valence-electron chi connectivity index (χ4n) is 9.26. The average molecular weight is 687 g/mol. The Morgan fingerprint density at radius 1 is 0.370 bits per heavy atom. The van der Waals surface area contributed by atoms with Gasteiger partial charge in [0, 0.05) is 16.6 Å². The van der Waals surface area contributed by atoms with Gasteiger partial charge < -0.3 is 4.90 Å².